The van der Waals surface area contributed by atoms with E-state index >= 15 is 0 Å². The van der Waals surface area contributed by atoms with Crippen molar-refractivity contribution in [3.8, 4) is 5.69 Å². The van der Waals surface area contributed by atoms with Gasteiger partial charge in [0.15, 0.2) is 5.69 Å². The Kier molecular flexibility index (Phi) is 5.01. The number of carboxylic acids is 1. The average Bonchev–Trinajstić information content (AvgIpc) is 3.04. The molecule has 3 rings (SSSR count). The summed E-state index contributed by atoms with van der Waals surface area (Å²) in [7, 11) is 0. The standard InChI is InChI=1S/C19H18F3N3O3/c1-2-8-18(9-3-10-18)17(28)24-12-4-6-13(7-5-12)25-15(19(20,21)22)14(11-23-25)16(26)27/h2,4-7,11H,1,3,8-10H2,(H,24,28)(H,26,27). The number of hydrogen-bond donors (Lipinski definition) is 2. The summed E-state index contributed by atoms with van der Waals surface area (Å²) in [6.07, 6.45) is 0.544. The molecule has 0 atom stereocenters. The summed E-state index contributed by atoms with van der Waals surface area (Å²) >= 11 is 0. The number of carboxylic acid groups (broad SMARTS) is 1. The fourth-order valence-corrected chi connectivity index (χ4v) is 3.33. The van der Waals surface area contributed by atoms with Crippen LogP contribution in [0, 0.1) is 5.41 Å². The first kappa shape index (κ1) is 19.7. The lowest BCUT2D eigenvalue weighted by atomic mass is 9.66. The predicted octanol–water partition coefficient (Wildman–Crippen LogP) is 4.27. The topological polar surface area (TPSA) is 84.2 Å². The van der Waals surface area contributed by atoms with E-state index in [9.17, 15) is 22.8 Å². The fourth-order valence-electron chi connectivity index (χ4n) is 3.33. The molecule has 0 radical (unpaired) electrons. The largest absolute Gasteiger partial charge is 0.478 e. The molecule has 1 aliphatic rings. The van der Waals surface area contributed by atoms with Crippen molar-refractivity contribution in [2.24, 2.45) is 5.41 Å². The molecule has 6 nitrogen and oxygen atoms in total. The number of amides is 1. The molecule has 1 aromatic heterocycles. The van der Waals surface area contributed by atoms with E-state index in [4.69, 9.17) is 5.11 Å². The van der Waals surface area contributed by atoms with Crippen molar-refractivity contribution in [2.45, 2.75) is 31.9 Å². The molecule has 1 saturated carbocycles. The Morgan fingerprint density at radius 3 is 2.39 bits per heavy atom. The Labute approximate surface area is 158 Å². The molecule has 1 heterocycles. The van der Waals surface area contributed by atoms with Gasteiger partial charge in [0, 0.05) is 5.69 Å². The number of carbonyl (C=O) groups is 2. The minimum absolute atomic E-state index is 0.0299. The summed E-state index contributed by atoms with van der Waals surface area (Å²) in [6.45, 7) is 3.68. The van der Waals surface area contributed by atoms with Crippen molar-refractivity contribution in [1.82, 2.24) is 9.78 Å². The van der Waals surface area contributed by atoms with Crippen LogP contribution >= 0.6 is 0 Å². The van der Waals surface area contributed by atoms with Gasteiger partial charge in [0.25, 0.3) is 0 Å². The lowest BCUT2D eigenvalue weighted by molar-refractivity contribution is -0.143. The zero-order valence-corrected chi connectivity index (χ0v) is 14.8. The first-order chi connectivity index (χ1) is 13.2. The SMILES string of the molecule is C=CCC1(C(=O)Nc2ccc(-n3ncc(C(=O)O)c3C(F)(F)F)cc2)CCC1. The van der Waals surface area contributed by atoms with Crippen molar-refractivity contribution in [2.75, 3.05) is 5.32 Å². The molecule has 1 aliphatic carbocycles. The molecule has 0 unspecified atom stereocenters. The molecule has 0 spiro atoms. The smallest absolute Gasteiger partial charge is 0.434 e. The van der Waals surface area contributed by atoms with E-state index < -0.39 is 28.8 Å². The first-order valence-corrected chi connectivity index (χ1v) is 8.59. The number of hydrogen-bond acceptors (Lipinski definition) is 3. The predicted molar refractivity (Wildman–Crippen MR) is 95.3 cm³/mol. The van der Waals surface area contributed by atoms with Gasteiger partial charge in [-0.1, -0.05) is 12.5 Å². The number of aromatic nitrogens is 2. The Hall–Kier alpha value is -3.10. The van der Waals surface area contributed by atoms with Crippen LogP contribution in [0.1, 0.15) is 41.7 Å². The number of nitrogens with one attached hydrogen (secondary N) is 1. The van der Waals surface area contributed by atoms with Crippen molar-refractivity contribution in [3.05, 3.63) is 54.4 Å². The lowest BCUT2D eigenvalue weighted by Crippen LogP contribution is -2.41. The highest BCUT2D eigenvalue weighted by Crippen LogP contribution is 2.45. The van der Waals surface area contributed by atoms with Crippen molar-refractivity contribution < 1.29 is 27.9 Å². The van der Waals surface area contributed by atoms with Crippen molar-refractivity contribution in [3.63, 3.8) is 0 Å². The highest BCUT2D eigenvalue weighted by molar-refractivity contribution is 5.96. The van der Waals surface area contributed by atoms with Crippen molar-refractivity contribution in [1.29, 1.82) is 0 Å². The van der Waals surface area contributed by atoms with Gasteiger partial charge in [-0.25, -0.2) is 9.48 Å². The average molecular weight is 393 g/mol. The maximum atomic E-state index is 13.3. The molecule has 1 amide bonds. The highest BCUT2D eigenvalue weighted by Gasteiger charge is 2.43. The van der Waals surface area contributed by atoms with Crippen LogP contribution in [0.5, 0.6) is 0 Å². The van der Waals surface area contributed by atoms with Gasteiger partial charge in [-0.15, -0.1) is 6.58 Å². The summed E-state index contributed by atoms with van der Waals surface area (Å²) in [5, 5.41) is 15.3. The number of carbonyl (C=O) groups excluding carboxylic acids is 1. The number of rotatable bonds is 6. The normalized spacial score (nSPS) is 15.5. The summed E-state index contributed by atoms with van der Waals surface area (Å²) in [6, 6.07) is 5.58. The monoisotopic (exact) mass is 393 g/mol. The van der Waals surface area contributed by atoms with Gasteiger partial charge in [-0.3, -0.25) is 4.79 Å². The molecule has 9 heteroatoms. The van der Waals surface area contributed by atoms with E-state index in [1.807, 2.05) is 0 Å². The van der Waals surface area contributed by atoms with Crippen LogP contribution in [-0.4, -0.2) is 26.8 Å². The Morgan fingerprint density at radius 1 is 1.29 bits per heavy atom. The number of benzene rings is 1. The van der Waals surface area contributed by atoms with Gasteiger partial charge in [-0.2, -0.15) is 18.3 Å². The van der Waals surface area contributed by atoms with Gasteiger partial charge in [0.2, 0.25) is 5.91 Å². The molecule has 28 heavy (non-hydrogen) atoms. The molecule has 1 fully saturated rings. The zero-order chi connectivity index (χ0) is 20.5. The second-order valence-corrected chi connectivity index (χ2v) is 6.75. The van der Waals surface area contributed by atoms with Crippen LogP contribution < -0.4 is 5.32 Å². The maximum absolute atomic E-state index is 13.3. The molecule has 0 aliphatic heterocycles. The number of halogens is 3. The van der Waals surface area contributed by atoms with Crippen LogP contribution in [0.25, 0.3) is 5.69 Å². The summed E-state index contributed by atoms with van der Waals surface area (Å²) in [5.41, 5.74) is -2.30. The molecular formula is C19H18F3N3O3. The molecule has 2 N–H and O–H groups in total. The van der Waals surface area contributed by atoms with Crippen molar-refractivity contribution >= 4 is 17.6 Å². The molecule has 148 valence electrons. The Bertz CT molecular complexity index is 913. The summed E-state index contributed by atoms with van der Waals surface area (Å²) in [5.74, 6) is -1.86. The third-order valence-corrected chi connectivity index (χ3v) is 4.97. The van der Waals surface area contributed by atoms with Crippen LogP contribution in [0.4, 0.5) is 18.9 Å². The second kappa shape index (κ2) is 7.14. The quantitative estimate of drug-likeness (QED) is 0.718. The maximum Gasteiger partial charge on any atom is 0.434 e. The highest BCUT2D eigenvalue weighted by atomic mass is 19.4. The van der Waals surface area contributed by atoms with Crippen LogP contribution in [0.15, 0.2) is 43.1 Å². The second-order valence-electron chi connectivity index (χ2n) is 6.75. The van der Waals surface area contributed by atoms with Gasteiger partial charge >= 0.3 is 12.1 Å². The minimum Gasteiger partial charge on any atom is -0.478 e. The molecular weight excluding hydrogens is 375 g/mol. The van der Waals surface area contributed by atoms with Crippen LogP contribution in [0.2, 0.25) is 0 Å². The molecule has 2 aromatic rings. The lowest BCUT2D eigenvalue weighted by Gasteiger charge is -2.39. The van der Waals surface area contributed by atoms with E-state index in [-0.39, 0.29) is 11.6 Å². The zero-order valence-electron chi connectivity index (χ0n) is 14.8. The third kappa shape index (κ3) is 3.51. The number of alkyl halides is 3. The fraction of sp³-hybridized carbons (Fsp3) is 0.316. The Morgan fingerprint density at radius 2 is 1.93 bits per heavy atom. The minimum atomic E-state index is -4.89. The number of nitrogens with zero attached hydrogens (tertiary/aromatic N) is 2. The first-order valence-electron chi connectivity index (χ1n) is 8.59. The van der Waals surface area contributed by atoms with Gasteiger partial charge in [0.1, 0.15) is 5.56 Å². The summed E-state index contributed by atoms with van der Waals surface area (Å²) < 4.78 is 40.4. The van der Waals surface area contributed by atoms with E-state index in [1.54, 1.807) is 6.08 Å². The van der Waals surface area contributed by atoms with Crippen LogP contribution in [-0.2, 0) is 11.0 Å². The Balaban J connectivity index is 1.85. The van der Waals surface area contributed by atoms with Gasteiger partial charge in [-0.05, 0) is 43.5 Å². The van der Waals surface area contributed by atoms with E-state index in [1.165, 1.54) is 24.3 Å². The van der Waals surface area contributed by atoms with Gasteiger partial charge in [0.05, 0.1) is 17.3 Å². The molecule has 0 saturated heterocycles. The molecule has 0 bridgehead atoms. The number of anilines is 1. The number of aromatic carboxylic acids is 1. The van der Waals surface area contributed by atoms with Gasteiger partial charge < -0.3 is 10.4 Å². The number of allylic oxidation sites excluding steroid dienone is 1. The molecule has 1 aromatic carbocycles. The van der Waals surface area contributed by atoms with Crippen LogP contribution in [0.3, 0.4) is 0 Å². The summed E-state index contributed by atoms with van der Waals surface area (Å²) in [4.78, 5) is 23.6. The third-order valence-electron chi connectivity index (χ3n) is 4.97. The van der Waals surface area contributed by atoms with E-state index in [2.05, 4.69) is 17.0 Å². The van der Waals surface area contributed by atoms with E-state index in [0.29, 0.717) is 23.0 Å². The van der Waals surface area contributed by atoms with E-state index in [0.717, 1.165) is 19.3 Å².